The first kappa shape index (κ1) is 24.1. The first-order chi connectivity index (χ1) is 16.9. The minimum Gasteiger partial charge on any atom is -0.491 e. The van der Waals surface area contributed by atoms with E-state index >= 15 is 0 Å². The van der Waals surface area contributed by atoms with Crippen molar-refractivity contribution < 1.29 is 9.47 Å². The maximum atomic E-state index is 13.3. The predicted molar refractivity (Wildman–Crippen MR) is 141 cm³/mol. The average Bonchev–Trinajstić information content (AvgIpc) is 2.84. The topological polar surface area (TPSA) is 53.3 Å². The normalized spacial score (nSPS) is 11.1. The predicted octanol–water partition coefficient (Wildman–Crippen LogP) is 6.03. The Morgan fingerprint density at radius 1 is 0.971 bits per heavy atom. The number of rotatable bonds is 8. The molecule has 1 aromatic heterocycles. The van der Waals surface area contributed by atoms with Crippen molar-refractivity contribution in [3.8, 4) is 35.1 Å². The minimum atomic E-state index is -0.312. The Balaban J connectivity index is 1.84. The fourth-order valence-electron chi connectivity index (χ4n) is 4.04. The number of hydrogen-bond donors (Lipinski definition) is 0. The van der Waals surface area contributed by atoms with Gasteiger partial charge in [0.1, 0.15) is 18.1 Å². The molecule has 0 bridgehead atoms. The SMILES string of the molecule is C#CCOc1ccc2c(c1)c(-c1ccc(C(C)C)cc1)nc(=O)n2Cc1cccc(OC(C)C)c1. The first-order valence-corrected chi connectivity index (χ1v) is 11.8. The van der Waals surface area contributed by atoms with Crippen molar-refractivity contribution in [3.63, 3.8) is 0 Å². The van der Waals surface area contributed by atoms with Crippen molar-refractivity contribution in [1.29, 1.82) is 0 Å². The van der Waals surface area contributed by atoms with Gasteiger partial charge in [0, 0.05) is 10.9 Å². The van der Waals surface area contributed by atoms with Crippen molar-refractivity contribution >= 4 is 10.9 Å². The quantitative estimate of drug-likeness (QED) is 0.297. The molecule has 0 unspecified atom stereocenters. The fraction of sp³-hybridized carbons (Fsp3) is 0.267. The second kappa shape index (κ2) is 10.5. The second-order valence-corrected chi connectivity index (χ2v) is 9.09. The Morgan fingerprint density at radius 3 is 2.43 bits per heavy atom. The van der Waals surface area contributed by atoms with Crippen LogP contribution in [0.3, 0.4) is 0 Å². The highest BCUT2D eigenvalue weighted by Crippen LogP contribution is 2.30. The van der Waals surface area contributed by atoms with E-state index < -0.39 is 0 Å². The number of terminal acetylenes is 1. The summed E-state index contributed by atoms with van der Waals surface area (Å²) in [7, 11) is 0. The number of aromatic nitrogens is 2. The molecule has 0 radical (unpaired) electrons. The van der Waals surface area contributed by atoms with Crippen LogP contribution in [0.5, 0.6) is 11.5 Å². The van der Waals surface area contributed by atoms with E-state index in [2.05, 4.69) is 36.9 Å². The van der Waals surface area contributed by atoms with Crippen LogP contribution in [0.2, 0.25) is 0 Å². The van der Waals surface area contributed by atoms with E-state index in [1.165, 1.54) is 5.56 Å². The van der Waals surface area contributed by atoms with Crippen molar-refractivity contribution in [3.05, 3.63) is 88.3 Å². The summed E-state index contributed by atoms with van der Waals surface area (Å²) in [6.07, 6.45) is 5.45. The molecular weight excluding hydrogens is 436 g/mol. The maximum absolute atomic E-state index is 13.3. The third-order valence-electron chi connectivity index (χ3n) is 5.74. The van der Waals surface area contributed by atoms with Gasteiger partial charge in [-0.05, 0) is 61.2 Å². The largest absolute Gasteiger partial charge is 0.491 e. The lowest BCUT2D eigenvalue weighted by Gasteiger charge is -2.16. The van der Waals surface area contributed by atoms with E-state index in [1.54, 1.807) is 4.57 Å². The summed E-state index contributed by atoms with van der Waals surface area (Å²) in [5, 5.41) is 0.825. The standard InChI is InChI=1S/C30H30N2O3/c1-6-16-34-25-14-15-28-27(18-25)29(24-12-10-23(11-13-24)20(2)3)31-30(33)32(28)19-22-8-7-9-26(17-22)35-21(4)5/h1,7-15,17-18,20-21H,16,19H2,2-5H3. The van der Waals surface area contributed by atoms with E-state index in [9.17, 15) is 4.79 Å². The van der Waals surface area contributed by atoms with Gasteiger partial charge >= 0.3 is 5.69 Å². The van der Waals surface area contributed by atoms with E-state index in [4.69, 9.17) is 15.9 Å². The van der Waals surface area contributed by atoms with Crippen LogP contribution in [0.15, 0.2) is 71.5 Å². The number of fused-ring (bicyclic) bond motifs is 1. The molecule has 0 aliphatic carbocycles. The van der Waals surface area contributed by atoms with Crippen LogP contribution in [-0.4, -0.2) is 22.3 Å². The van der Waals surface area contributed by atoms with Gasteiger partial charge in [-0.2, -0.15) is 4.98 Å². The van der Waals surface area contributed by atoms with Gasteiger partial charge in [-0.15, -0.1) is 6.42 Å². The molecule has 35 heavy (non-hydrogen) atoms. The van der Waals surface area contributed by atoms with Crippen LogP contribution < -0.4 is 15.2 Å². The molecule has 0 atom stereocenters. The molecule has 178 valence electrons. The van der Waals surface area contributed by atoms with Gasteiger partial charge in [0.2, 0.25) is 0 Å². The molecule has 0 fully saturated rings. The molecule has 4 rings (SSSR count). The lowest BCUT2D eigenvalue weighted by Crippen LogP contribution is -2.24. The summed E-state index contributed by atoms with van der Waals surface area (Å²) in [5.41, 5.74) is 4.15. The summed E-state index contributed by atoms with van der Waals surface area (Å²) in [6, 6.07) is 21.6. The molecule has 0 saturated carbocycles. The molecule has 0 aliphatic heterocycles. The van der Waals surface area contributed by atoms with Crippen LogP contribution in [0.1, 0.15) is 44.7 Å². The maximum Gasteiger partial charge on any atom is 0.348 e. The van der Waals surface area contributed by atoms with Gasteiger partial charge < -0.3 is 9.47 Å². The molecule has 3 aromatic carbocycles. The summed E-state index contributed by atoms with van der Waals surface area (Å²) in [6.45, 7) is 8.82. The zero-order chi connectivity index (χ0) is 24.9. The van der Waals surface area contributed by atoms with Crippen molar-refractivity contribution in [1.82, 2.24) is 9.55 Å². The van der Waals surface area contributed by atoms with E-state index in [-0.39, 0.29) is 18.4 Å². The Hall–Kier alpha value is -4.04. The van der Waals surface area contributed by atoms with Gasteiger partial charge in [-0.25, -0.2) is 4.79 Å². The van der Waals surface area contributed by atoms with Crippen LogP contribution in [0, 0.1) is 12.3 Å². The van der Waals surface area contributed by atoms with Gasteiger partial charge in [0.25, 0.3) is 0 Å². The van der Waals surface area contributed by atoms with Crippen molar-refractivity contribution in [2.75, 3.05) is 6.61 Å². The zero-order valence-corrected chi connectivity index (χ0v) is 20.6. The Labute approximate surface area is 206 Å². The van der Waals surface area contributed by atoms with Gasteiger partial charge in [-0.1, -0.05) is 56.2 Å². The number of nitrogens with zero attached hydrogens (tertiary/aromatic N) is 2. The van der Waals surface area contributed by atoms with E-state index in [0.717, 1.165) is 27.8 Å². The third-order valence-corrected chi connectivity index (χ3v) is 5.74. The molecule has 4 aromatic rings. The lowest BCUT2D eigenvalue weighted by molar-refractivity contribution is 0.242. The van der Waals surface area contributed by atoms with Gasteiger partial charge in [0.15, 0.2) is 0 Å². The fourth-order valence-corrected chi connectivity index (χ4v) is 4.04. The third kappa shape index (κ3) is 5.55. The molecular formula is C30H30N2O3. The average molecular weight is 467 g/mol. The molecule has 5 nitrogen and oxygen atoms in total. The van der Waals surface area contributed by atoms with Crippen LogP contribution in [0.25, 0.3) is 22.2 Å². The summed E-state index contributed by atoms with van der Waals surface area (Å²) in [5.74, 6) is 4.32. The van der Waals surface area contributed by atoms with E-state index in [1.807, 2.05) is 68.4 Å². The lowest BCUT2D eigenvalue weighted by atomic mass is 9.99. The van der Waals surface area contributed by atoms with Crippen LogP contribution in [0.4, 0.5) is 0 Å². The molecule has 0 aliphatic rings. The summed E-state index contributed by atoms with van der Waals surface area (Å²) < 4.78 is 13.2. The summed E-state index contributed by atoms with van der Waals surface area (Å²) >= 11 is 0. The minimum absolute atomic E-state index is 0.0678. The molecule has 0 spiro atoms. The Morgan fingerprint density at radius 2 is 1.74 bits per heavy atom. The molecule has 5 heteroatoms. The smallest absolute Gasteiger partial charge is 0.348 e. The number of ether oxygens (including phenoxy) is 2. The summed E-state index contributed by atoms with van der Waals surface area (Å²) in [4.78, 5) is 17.8. The number of hydrogen-bond acceptors (Lipinski definition) is 4. The zero-order valence-electron chi connectivity index (χ0n) is 20.6. The monoisotopic (exact) mass is 466 g/mol. The Kier molecular flexibility index (Phi) is 7.22. The van der Waals surface area contributed by atoms with E-state index in [0.29, 0.717) is 23.9 Å². The highest BCUT2D eigenvalue weighted by atomic mass is 16.5. The van der Waals surface area contributed by atoms with Crippen molar-refractivity contribution in [2.24, 2.45) is 0 Å². The number of benzene rings is 3. The molecule has 0 saturated heterocycles. The van der Waals surface area contributed by atoms with Crippen LogP contribution >= 0.6 is 0 Å². The van der Waals surface area contributed by atoms with Crippen LogP contribution in [-0.2, 0) is 6.54 Å². The highest BCUT2D eigenvalue weighted by Gasteiger charge is 2.15. The highest BCUT2D eigenvalue weighted by molar-refractivity contribution is 5.93. The molecule has 0 amide bonds. The molecule has 1 heterocycles. The van der Waals surface area contributed by atoms with Gasteiger partial charge in [0.05, 0.1) is 23.9 Å². The Bertz CT molecular complexity index is 1430. The van der Waals surface area contributed by atoms with Crippen molar-refractivity contribution in [2.45, 2.75) is 46.3 Å². The van der Waals surface area contributed by atoms with Gasteiger partial charge in [-0.3, -0.25) is 4.57 Å². The second-order valence-electron chi connectivity index (χ2n) is 9.09. The molecule has 0 N–H and O–H groups in total. The first-order valence-electron chi connectivity index (χ1n) is 11.8.